The van der Waals surface area contributed by atoms with Gasteiger partial charge in [-0.15, -0.1) is 0 Å². The molecule has 51 heavy (non-hydrogen) atoms. The predicted octanol–water partition coefficient (Wildman–Crippen LogP) is 13.7. The normalized spacial score (nSPS) is 13.2. The summed E-state index contributed by atoms with van der Waals surface area (Å²) in [6, 6.07) is 43.8. The van der Waals surface area contributed by atoms with E-state index >= 15 is 0 Å². The first-order valence-electron chi connectivity index (χ1n) is 18.4. The van der Waals surface area contributed by atoms with Gasteiger partial charge in [-0.2, -0.15) is 0 Å². The van der Waals surface area contributed by atoms with E-state index in [0.717, 1.165) is 46.3 Å². The Balaban J connectivity index is 1.24. The van der Waals surface area contributed by atoms with Crippen LogP contribution in [-0.2, 0) is 6.61 Å². The fourth-order valence-electron chi connectivity index (χ4n) is 6.93. The first kappa shape index (κ1) is 35.5. The minimum Gasteiger partial charge on any atom is -0.489 e. The van der Waals surface area contributed by atoms with E-state index in [2.05, 4.69) is 203 Å². The predicted molar refractivity (Wildman–Crippen MR) is 218 cm³/mol. The van der Waals surface area contributed by atoms with Crippen LogP contribution in [0.1, 0.15) is 68.7 Å². The van der Waals surface area contributed by atoms with Gasteiger partial charge in [0.25, 0.3) is 0 Å². The number of benzene rings is 5. The van der Waals surface area contributed by atoms with Crippen LogP contribution in [-0.4, -0.2) is 0 Å². The molecule has 5 aromatic rings. The van der Waals surface area contributed by atoms with E-state index in [1.54, 1.807) is 0 Å². The lowest BCUT2D eigenvalue weighted by atomic mass is 9.82. The van der Waals surface area contributed by atoms with Gasteiger partial charge < -0.3 is 14.5 Å². The quantitative estimate of drug-likeness (QED) is 0.124. The molecular formula is C48H52N2O. The molecule has 1 atom stereocenters. The summed E-state index contributed by atoms with van der Waals surface area (Å²) < 4.78 is 6.29. The summed E-state index contributed by atoms with van der Waals surface area (Å²) in [5, 5.41) is 0. The lowest BCUT2D eigenvalue weighted by Gasteiger charge is -2.29. The zero-order chi connectivity index (χ0) is 35.7. The van der Waals surface area contributed by atoms with Gasteiger partial charge in [0.1, 0.15) is 12.4 Å². The summed E-state index contributed by atoms with van der Waals surface area (Å²) >= 11 is 0. The van der Waals surface area contributed by atoms with Crippen molar-refractivity contribution in [1.29, 1.82) is 0 Å². The fraction of sp³-hybridized carbons (Fsp3) is 0.250. The van der Waals surface area contributed by atoms with E-state index in [-0.39, 0.29) is 0 Å². The van der Waals surface area contributed by atoms with Crippen molar-refractivity contribution >= 4 is 28.4 Å². The van der Waals surface area contributed by atoms with E-state index in [1.165, 1.54) is 28.7 Å². The van der Waals surface area contributed by atoms with Gasteiger partial charge in [-0.1, -0.05) is 101 Å². The Morgan fingerprint density at radius 3 is 1.75 bits per heavy atom. The molecule has 1 aliphatic carbocycles. The molecule has 3 nitrogen and oxygen atoms in total. The van der Waals surface area contributed by atoms with E-state index < -0.39 is 0 Å². The zero-order valence-electron chi connectivity index (χ0n) is 31.1. The molecule has 0 saturated carbocycles. The second-order valence-electron chi connectivity index (χ2n) is 14.5. The summed E-state index contributed by atoms with van der Waals surface area (Å²) in [6.07, 6.45) is 13.0. The minimum absolute atomic E-state index is 0.540. The van der Waals surface area contributed by atoms with Gasteiger partial charge in [0.05, 0.1) is 0 Å². The van der Waals surface area contributed by atoms with Gasteiger partial charge >= 0.3 is 0 Å². The lowest BCUT2D eigenvalue weighted by molar-refractivity contribution is 0.306. The van der Waals surface area contributed by atoms with Gasteiger partial charge in [0.2, 0.25) is 0 Å². The maximum atomic E-state index is 6.29. The number of nitrogens with zero attached hydrogens (tertiary/aromatic N) is 2. The number of aryl methyl sites for hydroxylation is 2. The fourth-order valence-corrected chi connectivity index (χ4v) is 6.93. The van der Waals surface area contributed by atoms with Gasteiger partial charge in [-0.05, 0) is 146 Å². The van der Waals surface area contributed by atoms with Crippen molar-refractivity contribution in [2.24, 2.45) is 11.8 Å². The lowest BCUT2D eigenvalue weighted by Crippen LogP contribution is -2.16. The number of anilines is 5. The van der Waals surface area contributed by atoms with Crippen LogP contribution in [0.2, 0.25) is 0 Å². The largest absolute Gasteiger partial charge is 0.489 e. The highest BCUT2D eigenvalue weighted by Crippen LogP contribution is 2.39. The number of rotatable bonds is 13. The Kier molecular flexibility index (Phi) is 11.6. The SMILES string of the molecule is Cc1cccc(N(C2=CCC=CC=C2)c2ccc(N(c3ccc(OCc4ccc(C(CC(C)C)C(C)C)cc4)cc3)c3cccc(C)c3)cc2)c1. The van der Waals surface area contributed by atoms with E-state index in [9.17, 15) is 0 Å². The molecule has 0 radical (unpaired) electrons. The highest BCUT2D eigenvalue weighted by Gasteiger charge is 2.19. The van der Waals surface area contributed by atoms with Crippen molar-refractivity contribution in [3.8, 4) is 5.75 Å². The van der Waals surface area contributed by atoms with Crippen LogP contribution in [0.25, 0.3) is 0 Å². The van der Waals surface area contributed by atoms with Gasteiger partial charge in [0.15, 0.2) is 0 Å². The molecule has 5 aromatic carbocycles. The summed E-state index contributed by atoms with van der Waals surface area (Å²) in [6.45, 7) is 14.1. The molecule has 0 saturated heterocycles. The Morgan fingerprint density at radius 2 is 1.18 bits per heavy atom. The van der Waals surface area contributed by atoms with Crippen molar-refractivity contribution in [2.75, 3.05) is 9.80 Å². The van der Waals surface area contributed by atoms with Gasteiger partial charge in [-0.25, -0.2) is 0 Å². The maximum Gasteiger partial charge on any atom is 0.119 e. The Labute approximate surface area is 306 Å². The number of hydrogen-bond donors (Lipinski definition) is 0. The monoisotopic (exact) mass is 672 g/mol. The molecule has 6 rings (SSSR count). The highest BCUT2D eigenvalue weighted by molar-refractivity contribution is 5.79. The summed E-state index contributed by atoms with van der Waals surface area (Å²) in [5.74, 6) is 2.75. The standard InChI is InChI=1S/C48H52N2O/c1-35(2)31-48(36(3)4)40-21-19-39(20-22-40)34-51-47-29-27-44(28-30-47)50(46-18-12-14-38(6)33-46)43-25-23-42(24-26-43)49(41-15-9-7-8-10-16-41)45-17-11-13-37(5)32-45/h7-9,11-30,32-33,35-36,48H,10,31,34H2,1-6H3. The van der Waals surface area contributed by atoms with Gasteiger partial charge in [0, 0.05) is 34.1 Å². The number of hydrogen-bond acceptors (Lipinski definition) is 3. The average Bonchev–Trinajstić information content (AvgIpc) is 3.41. The van der Waals surface area contributed by atoms with Crippen LogP contribution in [0.15, 0.2) is 157 Å². The summed E-state index contributed by atoms with van der Waals surface area (Å²) in [7, 11) is 0. The smallest absolute Gasteiger partial charge is 0.119 e. The number of allylic oxidation sites excluding steroid dienone is 5. The van der Waals surface area contributed by atoms with E-state index in [0.29, 0.717) is 24.4 Å². The third-order valence-corrected chi connectivity index (χ3v) is 9.56. The van der Waals surface area contributed by atoms with Crippen LogP contribution >= 0.6 is 0 Å². The molecule has 0 aliphatic heterocycles. The first-order chi connectivity index (χ1) is 24.7. The van der Waals surface area contributed by atoms with Crippen molar-refractivity contribution in [2.45, 2.75) is 66.9 Å². The Morgan fingerprint density at radius 1 is 0.608 bits per heavy atom. The van der Waals surface area contributed by atoms with Crippen molar-refractivity contribution in [3.63, 3.8) is 0 Å². The number of ether oxygens (including phenoxy) is 1. The van der Waals surface area contributed by atoms with Crippen molar-refractivity contribution < 1.29 is 4.74 Å². The van der Waals surface area contributed by atoms with Crippen molar-refractivity contribution in [1.82, 2.24) is 0 Å². The molecule has 0 amide bonds. The molecule has 1 unspecified atom stereocenters. The zero-order valence-corrected chi connectivity index (χ0v) is 31.1. The van der Waals surface area contributed by atoms with Crippen molar-refractivity contribution in [3.05, 3.63) is 180 Å². The minimum atomic E-state index is 0.540. The molecule has 0 spiro atoms. The topological polar surface area (TPSA) is 15.7 Å². The first-order valence-corrected chi connectivity index (χ1v) is 18.4. The van der Waals surface area contributed by atoms with Gasteiger partial charge in [-0.3, -0.25) is 0 Å². The van der Waals surface area contributed by atoms with Crippen LogP contribution in [0, 0.1) is 25.7 Å². The molecule has 0 N–H and O–H groups in total. The molecule has 0 bridgehead atoms. The van der Waals surface area contributed by atoms with Crippen LogP contribution in [0.3, 0.4) is 0 Å². The molecule has 260 valence electrons. The third-order valence-electron chi connectivity index (χ3n) is 9.56. The van der Waals surface area contributed by atoms with Crippen LogP contribution in [0.4, 0.5) is 28.4 Å². The Hall–Kier alpha value is -5.28. The molecule has 0 fully saturated rings. The Bertz CT molecular complexity index is 1960. The van der Waals surface area contributed by atoms with Crippen LogP contribution < -0.4 is 14.5 Å². The third kappa shape index (κ3) is 9.10. The molecule has 3 heteroatoms. The molecular weight excluding hydrogens is 621 g/mol. The molecule has 0 aromatic heterocycles. The second-order valence-corrected chi connectivity index (χ2v) is 14.5. The van der Waals surface area contributed by atoms with Crippen LogP contribution in [0.5, 0.6) is 5.75 Å². The summed E-state index contributed by atoms with van der Waals surface area (Å²) in [5.41, 5.74) is 11.8. The molecule has 1 aliphatic rings. The van der Waals surface area contributed by atoms with E-state index in [4.69, 9.17) is 4.74 Å². The van der Waals surface area contributed by atoms with E-state index in [1.807, 2.05) is 0 Å². The molecule has 0 heterocycles. The maximum absolute atomic E-state index is 6.29. The summed E-state index contributed by atoms with van der Waals surface area (Å²) in [4.78, 5) is 4.65. The highest BCUT2D eigenvalue weighted by atomic mass is 16.5. The second kappa shape index (κ2) is 16.6. The average molecular weight is 673 g/mol.